The van der Waals surface area contributed by atoms with E-state index in [1.54, 1.807) is 32.0 Å². The van der Waals surface area contributed by atoms with Gasteiger partial charge >= 0.3 is 0 Å². The van der Waals surface area contributed by atoms with Crippen molar-refractivity contribution in [2.75, 3.05) is 0 Å². The van der Waals surface area contributed by atoms with E-state index in [9.17, 15) is 5.11 Å². The van der Waals surface area contributed by atoms with Crippen LogP contribution in [0.25, 0.3) is 0 Å². The molecule has 4 heteroatoms. The molecule has 0 aromatic heterocycles. The summed E-state index contributed by atoms with van der Waals surface area (Å²) in [4.78, 5) is 0. The molecule has 3 aromatic carbocycles. The Balaban J connectivity index is 1.77. The molecule has 0 unspecified atom stereocenters. The second-order valence-corrected chi connectivity index (χ2v) is 6.71. The van der Waals surface area contributed by atoms with Crippen molar-refractivity contribution in [3.05, 3.63) is 90.0 Å². The highest BCUT2D eigenvalue weighted by Gasteiger charge is 2.16. The molecule has 0 spiro atoms. The molecule has 4 nitrogen and oxygen atoms in total. The van der Waals surface area contributed by atoms with Gasteiger partial charge in [-0.3, -0.25) is 0 Å². The predicted molar refractivity (Wildman–Crippen MR) is 105 cm³/mol. The molecular weight excluding hydrogens is 340 g/mol. The van der Waals surface area contributed by atoms with E-state index >= 15 is 0 Å². The third kappa shape index (κ3) is 6.04. The van der Waals surface area contributed by atoms with E-state index < -0.39 is 5.79 Å². The highest BCUT2D eigenvalue weighted by molar-refractivity contribution is 5.46. The molecule has 0 aliphatic heterocycles. The van der Waals surface area contributed by atoms with Gasteiger partial charge in [-0.1, -0.05) is 60.7 Å². The van der Waals surface area contributed by atoms with E-state index in [0.29, 0.717) is 30.5 Å². The molecule has 3 rings (SSSR count). The number of benzene rings is 3. The quantitative estimate of drug-likeness (QED) is 0.575. The van der Waals surface area contributed by atoms with Crippen LogP contribution >= 0.6 is 0 Å². The van der Waals surface area contributed by atoms with Gasteiger partial charge < -0.3 is 19.3 Å². The number of aliphatic hydroxyl groups is 1. The molecule has 0 atom stereocenters. The Bertz CT molecular complexity index is 839. The molecule has 0 aliphatic rings. The smallest absolute Gasteiger partial charge is 0.202 e. The van der Waals surface area contributed by atoms with Crippen LogP contribution in [0.5, 0.6) is 17.2 Å². The average Bonchev–Trinajstić information content (AvgIpc) is 2.66. The van der Waals surface area contributed by atoms with Crippen LogP contribution in [0.4, 0.5) is 0 Å². The molecule has 3 aromatic rings. The van der Waals surface area contributed by atoms with Gasteiger partial charge in [-0.2, -0.15) is 0 Å². The van der Waals surface area contributed by atoms with Crippen LogP contribution in [0.2, 0.25) is 0 Å². The zero-order valence-corrected chi connectivity index (χ0v) is 15.6. The molecule has 140 valence electrons. The van der Waals surface area contributed by atoms with Crippen LogP contribution in [-0.4, -0.2) is 10.9 Å². The lowest BCUT2D eigenvalue weighted by Gasteiger charge is -2.21. The van der Waals surface area contributed by atoms with Crippen molar-refractivity contribution < 1.29 is 19.3 Å². The van der Waals surface area contributed by atoms with Crippen LogP contribution in [0.15, 0.2) is 78.9 Å². The van der Waals surface area contributed by atoms with Crippen molar-refractivity contribution in [3.63, 3.8) is 0 Å². The zero-order valence-electron chi connectivity index (χ0n) is 15.6. The van der Waals surface area contributed by atoms with Crippen LogP contribution < -0.4 is 14.2 Å². The Labute approximate surface area is 160 Å². The maximum Gasteiger partial charge on any atom is 0.202 e. The lowest BCUT2D eigenvalue weighted by molar-refractivity contribution is -0.104. The largest absolute Gasteiger partial charge is 0.485 e. The van der Waals surface area contributed by atoms with E-state index in [0.717, 1.165) is 11.1 Å². The Morgan fingerprint density at radius 3 is 1.74 bits per heavy atom. The van der Waals surface area contributed by atoms with E-state index in [-0.39, 0.29) is 0 Å². The highest BCUT2D eigenvalue weighted by atomic mass is 16.6. The van der Waals surface area contributed by atoms with Crippen molar-refractivity contribution >= 4 is 0 Å². The SMILES string of the molecule is CC(C)(O)Oc1ccc(OCc2ccccc2)c(OCc2ccccc2)c1. The number of rotatable bonds is 8. The maximum absolute atomic E-state index is 9.90. The van der Waals surface area contributed by atoms with Crippen molar-refractivity contribution in [1.29, 1.82) is 0 Å². The molecule has 1 N–H and O–H groups in total. The van der Waals surface area contributed by atoms with Crippen LogP contribution in [0, 0.1) is 0 Å². The van der Waals surface area contributed by atoms with Crippen molar-refractivity contribution in [2.24, 2.45) is 0 Å². The van der Waals surface area contributed by atoms with Crippen molar-refractivity contribution in [2.45, 2.75) is 32.8 Å². The van der Waals surface area contributed by atoms with Gasteiger partial charge in [-0.25, -0.2) is 0 Å². The molecular formula is C23H24O4. The lowest BCUT2D eigenvalue weighted by atomic mass is 10.2. The lowest BCUT2D eigenvalue weighted by Crippen LogP contribution is -2.26. The van der Waals surface area contributed by atoms with Crippen molar-refractivity contribution in [1.82, 2.24) is 0 Å². The van der Waals surface area contributed by atoms with Crippen molar-refractivity contribution in [3.8, 4) is 17.2 Å². The number of hydrogen-bond acceptors (Lipinski definition) is 4. The Hall–Kier alpha value is -2.98. The average molecular weight is 364 g/mol. The minimum atomic E-state index is -1.27. The molecule has 0 radical (unpaired) electrons. The Morgan fingerprint density at radius 1 is 0.704 bits per heavy atom. The van der Waals surface area contributed by atoms with E-state index in [1.165, 1.54) is 0 Å². The first kappa shape index (κ1) is 18.8. The fourth-order valence-corrected chi connectivity index (χ4v) is 2.54. The van der Waals surface area contributed by atoms with Crippen LogP contribution in [-0.2, 0) is 13.2 Å². The fraction of sp³-hybridized carbons (Fsp3) is 0.217. The van der Waals surface area contributed by atoms with Gasteiger partial charge in [-0.15, -0.1) is 0 Å². The van der Waals surface area contributed by atoms with Gasteiger partial charge in [0.1, 0.15) is 19.0 Å². The molecule has 0 heterocycles. The van der Waals surface area contributed by atoms with Crippen LogP contribution in [0.1, 0.15) is 25.0 Å². The third-order valence-corrected chi connectivity index (χ3v) is 3.76. The summed E-state index contributed by atoms with van der Waals surface area (Å²) >= 11 is 0. The van der Waals surface area contributed by atoms with Gasteiger partial charge in [0.2, 0.25) is 5.79 Å². The summed E-state index contributed by atoms with van der Waals surface area (Å²) in [7, 11) is 0. The monoisotopic (exact) mass is 364 g/mol. The second kappa shape index (κ2) is 8.60. The molecule has 0 fully saturated rings. The zero-order chi connectivity index (χ0) is 19.1. The normalized spacial score (nSPS) is 11.1. The van der Waals surface area contributed by atoms with Gasteiger partial charge in [0.15, 0.2) is 11.5 Å². The first-order valence-electron chi connectivity index (χ1n) is 8.88. The van der Waals surface area contributed by atoms with Gasteiger partial charge in [0.25, 0.3) is 0 Å². The summed E-state index contributed by atoms with van der Waals surface area (Å²) in [6.45, 7) is 4.01. The Morgan fingerprint density at radius 2 is 1.22 bits per heavy atom. The summed E-state index contributed by atoms with van der Waals surface area (Å²) in [6, 6.07) is 25.2. The topological polar surface area (TPSA) is 47.9 Å². The predicted octanol–water partition coefficient (Wildman–Crippen LogP) is 4.95. The van der Waals surface area contributed by atoms with E-state index in [1.807, 2.05) is 60.7 Å². The molecule has 0 saturated heterocycles. The van der Waals surface area contributed by atoms with E-state index in [4.69, 9.17) is 14.2 Å². The Kier molecular flexibility index (Phi) is 5.99. The first-order chi connectivity index (χ1) is 13.0. The van der Waals surface area contributed by atoms with Gasteiger partial charge in [0.05, 0.1) is 0 Å². The molecule has 27 heavy (non-hydrogen) atoms. The highest BCUT2D eigenvalue weighted by Crippen LogP contribution is 2.34. The summed E-state index contributed by atoms with van der Waals surface area (Å²) in [5.74, 6) is 0.426. The summed E-state index contributed by atoms with van der Waals surface area (Å²) < 4.78 is 17.5. The molecule has 0 amide bonds. The summed E-state index contributed by atoms with van der Waals surface area (Å²) in [5, 5.41) is 9.90. The third-order valence-electron chi connectivity index (χ3n) is 3.76. The number of hydrogen-bond donors (Lipinski definition) is 1. The van der Waals surface area contributed by atoms with Crippen LogP contribution in [0.3, 0.4) is 0 Å². The summed E-state index contributed by atoms with van der Waals surface area (Å²) in [6.07, 6.45) is 0. The van der Waals surface area contributed by atoms with Gasteiger partial charge in [0, 0.05) is 19.9 Å². The van der Waals surface area contributed by atoms with Gasteiger partial charge in [-0.05, 0) is 23.3 Å². The first-order valence-corrected chi connectivity index (χ1v) is 8.88. The second-order valence-electron chi connectivity index (χ2n) is 6.71. The minimum absolute atomic E-state index is 0.411. The summed E-state index contributed by atoms with van der Waals surface area (Å²) in [5.41, 5.74) is 2.13. The van der Waals surface area contributed by atoms with E-state index in [2.05, 4.69) is 0 Å². The molecule has 0 aliphatic carbocycles. The molecule has 0 bridgehead atoms. The fourth-order valence-electron chi connectivity index (χ4n) is 2.54. The standard InChI is InChI=1S/C23H24O4/c1-23(2,24)27-20-13-14-21(25-16-18-9-5-3-6-10-18)22(15-20)26-17-19-11-7-4-8-12-19/h3-15,24H,16-17H2,1-2H3. The molecule has 0 saturated carbocycles. The minimum Gasteiger partial charge on any atom is -0.485 e. The maximum atomic E-state index is 9.90. The number of ether oxygens (including phenoxy) is 3.